The Morgan fingerprint density at radius 1 is 1.14 bits per heavy atom. The molecule has 1 aliphatic carbocycles. The molecule has 2 N–H and O–H groups in total. The van der Waals surface area contributed by atoms with E-state index in [2.05, 4.69) is 5.32 Å². The SMILES string of the molecule is O=C(CC1(C(=O)O)CCCCCC1)Nc1cc(F)ccc1F. The normalized spacial score (nSPS) is 17.5. The lowest BCUT2D eigenvalue weighted by atomic mass is 9.77. The van der Waals surface area contributed by atoms with Crippen LogP contribution in [0.1, 0.15) is 44.9 Å². The maximum Gasteiger partial charge on any atom is 0.310 e. The minimum Gasteiger partial charge on any atom is -0.481 e. The summed E-state index contributed by atoms with van der Waals surface area (Å²) in [5.41, 5.74) is -1.37. The summed E-state index contributed by atoms with van der Waals surface area (Å²) in [4.78, 5) is 23.7. The second-order valence-corrected chi connectivity index (χ2v) is 5.85. The number of carbonyl (C=O) groups excluding carboxylic acids is 1. The summed E-state index contributed by atoms with van der Waals surface area (Å²) in [6, 6.07) is 2.76. The molecule has 1 aromatic rings. The molecule has 0 spiro atoms. The van der Waals surface area contributed by atoms with Crippen molar-refractivity contribution in [2.24, 2.45) is 5.41 Å². The van der Waals surface area contributed by atoms with Crippen molar-refractivity contribution in [1.82, 2.24) is 0 Å². The van der Waals surface area contributed by atoms with Crippen molar-refractivity contribution in [3.05, 3.63) is 29.8 Å². The van der Waals surface area contributed by atoms with Gasteiger partial charge in [-0.3, -0.25) is 9.59 Å². The minimum absolute atomic E-state index is 0.224. The number of halogens is 2. The van der Waals surface area contributed by atoms with Crippen molar-refractivity contribution in [2.75, 3.05) is 5.32 Å². The van der Waals surface area contributed by atoms with Crippen molar-refractivity contribution in [2.45, 2.75) is 44.9 Å². The van der Waals surface area contributed by atoms with Crippen molar-refractivity contribution in [3.8, 4) is 0 Å². The van der Waals surface area contributed by atoms with Crippen LogP contribution in [0.15, 0.2) is 18.2 Å². The average Bonchev–Trinajstić information content (AvgIpc) is 2.69. The zero-order valence-corrected chi connectivity index (χ0v) is 12.2. The maximum absolute atomic E-state index is 13.5. The summed E-state index contributed by atoms with van der Waals surface area (Å²) >= 11 is 0. The number of benzene rings is 1. The van der Waals surface area contributed by atoms with Gasteiger partial charge in [-0.1, -0.05) is 25.7 Å². The van der Waals surface area contributed by atoms with Crippen molar-refractivity contribution < 1.29 is 23.5 Å². The number of nitrogens with one attached hydrogen (secondary N) is 1. The topological polar surface area (TPSA) is 66.4 Å². The van der Waals surface area contributed by atoms with Crippen LogP contribution in [0.25, 0.3) is 0 Å². The van der Waals surface area contributed by atoms with Gasteiger partial charge >= 0.3 is 5.97 Å². The highest BCUT2D eigenvalue weighted by molar-refractivity contribution is 5.94. The summed E-state index contributed by atoms with van der Waals surface area (Å²) in [5.74, 6) is -3.02. The number of carbonyl (C=O) groups is 2. The smallest absolute Gasteiger partial charge is 0.310 e. The Morgan fingerprint density at radius 3 is 2.36 bits per heavy atom. The van der Waals surface area contributed by atoms with Crippen LogP contribution < -0.4 is 5.32 Å². The van der Waals surface area contributed by atoms with Gasteiger partial charge in [0.2, 0.25) is 5.91 Å². The van der Waals surface area contributed by atoms with Crippen LogP contribution in [0, 0.1) is 17.0 Å². The average molecular weight is 311 g/mol. The van der Waals surface area contributed by atoms with Crippen LogP contribution in [0.2, 0.25) is 0 Å². The van der Waals surface area contributed by atoms with Gasteiger partial charge in [0.15, 0.2) is 0 Å². The van der Waals surface area contributed by atoms with Gasteiger partial charge in [0.05, 0.1) is 11.1 Å². The number of hydrogen-bond donors (Lipinski definition) is 2. The van der Waals surface area contributed by atoms with Crippen molar-refractivity contribution >= 4 is 17.6 Å². The number of amides is 1. The number of carboxylic acid groups (broad SMARTS) is 1. The Balaban J connectivity index is 2.11. The minimum atomic E-state index is -1.11. The van der Waals surface area contributed by atoms with E-state index in [0.717, 1.165) is 43.9 Å². The van der Waals surface area contributed by atoms with E-state index in [0.29, 0.717) is 12.8 Å². The fraction of sp³-hybridized carbons (Fsp3) is 0.500. The Hall–Kier alpha value is -1.98. The van der Waals surface area contributed by atoms with Crippen molar-refractivity contribution in [3.63, 3.8) is 0 Å². The second-order valence-electron chi connectivity index (χ2n) is 5.85. The highest BCUT2D eigenvalue weighted by Crippen LogP contribution is 2.38. The predicted molar refractivity (Wildman–Crippen MR) is 77.4 cm³/mol. The first-order chi connectivity index (χ1) is 10.4. The van der Waals surface area contributed by atoms with E-state index in [9.17, 15) is 23.5 Å². The molecule has 0 saturated heterocycles. The predicted octanol–water partition coefficient (Wildman–Crippen LogP) is 3.72. The molecule has 1 amide bonds. The zero-order valence-electron chi connectivity index (χ0n) is 12.2. The highest BCUT2D eigenvalue weighted by Gasteiger charge is 2.40. The Labute approximate surface area is 127 Å². The molecule has 0 bridgehead atoms. The number of hydrogen-bond acceptors (Lipinski definition) is 2. The van der Waals surface area contributed by atoms with Gasteiger partial charge in [-0.15, -0.1) is 0 Å². The molecule has 1 saturated carbocycles. The lowest BCUT2D eigenvalue weighted by molar-refractivity contribution is -0.152. The molecule has 1 aromatic carbocycles. The van der Waals surface area contributed by atoms with E-state index in [-0.39, 0.29) is 12.1 Å². The third kappa shape index (κ3) is 3.81. The third-order valence-electron chi connectivity index (χ3n) is 4.22. The van der Waals surface area contributed by atoms with Gasteiger partial charge in [-0.2, -0.15) is 0 Å². The molecule has 1 aliphatic rings. The molecule has 0 unspecified atom stereocenters. The maximum atomic E-state index is 13.5. The first-order valence-electron chi connectivity index (χ1n) is 7.41. The number of aliphatic carboxylic acids is 1. The third-order valence-corrected chi connectivity index (χ3v) is 4.22. The summed E-state index contributed by atoms with van der Waals surface area (Å²) in [6.45, 7) is 0. The van der Waals surface area contributed by atoms with Gasteiger partial charge in [-0.05, 0) is 25.0 Å². The summed E-state index contributed by atoms with van der Waals surface area (Å²) < 4.78 is 26.6. The molecule has 1 fully saturated rings. The zero-order chi connectivity index (χ0) is 16.2. The first-order valence-corrected chi connectivity index (χ1v) is 7.41. The molecule has 0 aromatic heterocycles. The van der Waals surface area contributed by atoms with E-state index < -0.39 is 28.9 Å². The van der Waals surface area contributed by atoms with Crippen LogP contribution in [-0.4, -0.2) is 17.0 Å². The fourth-order valence-corrected chi connectivity index (χ4v) is 2.97. The molecule has 0 atom stereocenters. The summed E-state index contributed by atoms with van der Waals surface area (Å²) in [6.07, 6.45) is 4.06. The van der Waals surface area contributed by atoms with E-state index in [1.807, 2.05) is 0 Å². The first kappa shape index (κ1) is 16.4. The van der Waals surface area contributed by atoms with Gasteiger partial charge in [0.1, 0.15) is 11.6 Å². The van der Waals surface area contributed by atoms with Crippen LogP contribution >= 0.6 is 0 Å². The van der Waals surface area contributed by atoms with E-state index in [1.165, 1.54) is 0 Å². The molecule has 0 aliphatic heterocycles. The lowest BCUT2D eigenvalue weighted by Crippen LogP contribution is -2.35. The number of anilines is 1. The van der Waals surface area contributed by atoms with Crippen molar-refractivity contribution in [1.29, 1.82) is 0 Å². The van der Waals surface area contributed by atoms with Crippen LogP contribution in [0.5, 0.6) is 0 Å². The number of carboxylic acids is 1. The largest absolute Gasteiger partial charge is 0.481 e. The standard InChI is InChI=1S/C16H19F2NO3/c17-11-5-6-12(18)13(9-11)19-14(20)10-16(15(21)22)7-3-1-2-4-8-16/h5-6,9H,1-4,7-8,10H2,(H,19,20)(H,21,22). The molecule has 6 heteroatoms. The number of rotatable bonds is 4. The van der Waals surface area contributed by atoms with E-state index >= 15 is 0 Å². The Morgan fingerprint density at radius 2 is 1.77 bits per heavy atom. The van der Waals surface area contributed by atoms with Crippen LogP contribution in [-0.2, 0) is 9.59 Å². The molecule has 0 radical (unpaired) electrons. The molecular weight excluding hydrogens is 292 g/mol. The molecular formula is C16H19F2NO3. The monoisotopic (exact) mass is 311 g/mol. The summed E-state index contributed by atoms with van der Waals surface area (Å²) in [7, 11) is 0. The molecule has 4 nitrogen and oxygen atoms in total. The summed E-state index contributed by atoms with van der Waals surface area (Å²) in [5, 5.41) is 11.8. The van der Waals surface area contributed by atoms with Crippen LogP contribution in [0.4, 0.5) is 14.5 Å². The van der Waals surface area contributed by atoms with E-state index in [1.54, 1.807) is 0 Å². The molecule has 0 heterocycles. The van der Waals surface area contributed by atoms with Gasteiger partial charge in [-0.25, -0.2) is 8.78 Å². The second kappa shape index (κ2) is 6.85. The van der Waals surface area contributed by atoms with E-state index in [4.69, 9.17) is 0 Å². The van der Waals surface area contributed by atoms with Gasteiger partial charge in [0, 0.05) is 12.5 Å². The van der Waals surface area contributed by atoms with Gasteiger partial charge in [0.25, 0.3) is 0 Å². The fourth-order valence-electron chi connectivity index (χ4n) is 2.97. The quantitative estimate of drug-likeness (QED) is 0.833. The molecule has 22 heavy (non-hydrogen) atoms. The Bertz CT molecular complexity index is 567. The molecule has 2 rings (SSSR count). The molecule has 120 valence electrons. The van der Waals surface area contributed by atoms with Crippen LogP contribution in [0.3, 0.4) is 0 Å². The lowest BCUT2D eigenvalue weighted by Gasteiger charge is -2.27. The highest BCUT2D eigenvalue weighted by atomic mass is 19.1. The van der Waals surface area contributed by atoms with Gasteiger partial charge < -0.3 is 10.4 Å². The Kier molecular flexibility index (Phi) is 5.11.